The van der Waals surface area contributed by atoms with Crippen LogP contribution in [-0.4, -0.2) is 25.5 Å². The molecule has 0 radical (unpaired) electrons. The summed E-state index contributed by atoms with van der Waals surface area (Å²) >= 11 is 0. The van der Waals surface area contributed by atoms with E-state index < -0.39 is 0 Å². The Morgan fingerprint density at radius 1 is 0.786 bits per heavy atom. The van der Waals surface area contributed by atoms with Crippen LogP contribution in [0.25, 0.3) is 0 Å². The molecule has 3 rings (SSSR count). The largest absolute Gasteiger partial charge is 0.497 e. The van der Waals surface area contributed by atoms with Crippen LogP contribution in [0, 0.1) is 0 Å². The van der Waals surface area contributed by atoms with E-state index in [4.69, 9.17) is 4.74 Å². The summed E-state index contributed by atoms with van der Waals surface area (Å²) in [6, 6.07) is 23.4. The fraction of sp³-hybridized carbons (Fsp3) is 0.0909. The Kier molecular flexibility index (Phi) is 6.25. The topological polar surface area (TPSA) is 79.5 Å². The zero-order chi connectivity index (χ0) is 19.8. The zero-order valence-electron chi connectivity index (χ0n) is 15.4. The molecule has 0 fully saturated rings. The summed E-state index contributed by atoms with van der Waals surface area (Å²) in [6.45, 7) is 0.0906. The molecule has 0 aliphatic carbocycles. The lowest BCUT2D eigenvalue weighted by Gasteiger charge is -2.11. The van der Waals surface area contributed by atoms with E-state index in [-0.39, 0.29) is 18.4 Å². The highest BCUT2D eigenvalue weighted by molar-refractivity contribution is 6.04. The number of carbonyl (C=O) groups is 2. The number of carbonyl (C=O) groups excluding carboxylic acids is 2. The van der Waals surface area contributed by atoms with Gasteiger partial charge in [0.2, 0.25) is 5.91 Å². The van der Waals surface area contributed by atoms with Gasteiger partial charge in [-0.25, -0.2) is 0 Å². The van der Waals surface area contributed by atoms with Gasteiger partial charge in [0.15, 0.2) is 0 Å². The first-order valence-corrected chi connectivity index (χ1v) is 8.78. The Hall–Kier alpha value is -3.80. The van der Waals surface area contributed by atoms with E-state index in [0.717, 1.165) is 5.69 Å². The van der Waals surface area contributed by atoms with E-state index in [1.807, 2.05) is 36.4 Å². The zero-order valence-corrected chi connectivity index (χ0v) is 15.4. The number of nitrogens with one attached hydrogen (secondary N) is 3. The van der Waals surface area contributed by atoms with E-state index >= 15 is 0 Å². The lowest BCUT2D eigenvalue weighted by molar-refractivity contribution is -0.114. The molecule has 3 aromatic rings. The summed E-state index contributed by atoms with van der Waals surface area (Å²) in [5.41, 5.74) is 2.62. The fourth-order valence-electron chi connectivity index (χ4n) is 2.59. The third-order valence-electron chi connectivity index (χ3n) is 3.96. The maximum absolute atomic E-state index is 12.2. The molecular formula is C22H21N3O3. The van der Waals surface area contributed by atoms with Crippen LogP contribution in [0.15, 0.2) is 78.9 Å². The number of hydrogen-bond acceptors (Lipinski definition) is 4. The molecule has 142 valence electrons. The van der Waals surface area contributed by atoms with E-state index in [1.54, 1.807) is 49.6 Å². The number of hydrogen-bond donors (Lipinski definition) is 3. The molecule has 0 saturated carbocycles. The molecular weight excluding hydrogens is 354 g/mol. The van der Waals surface area contributed by atoms with E-state index in [0.29, 0.717) is 22.7 Å². The summed E-state index contributed by atoms with van der Waals surface area (Å²) in [5, 5.41) is 8.70. The Bertz CT molecular complexity index is 958. The SMILES string of the molecule is COc1cccc(NC(=O)CNc2cccc(NC(=O)c3ccccc3)c2)c1. The van der Waals surface area contributed by atoms with Crippen LogP contribution in [0.2, 0.25) is 0 Å². The van der Waals surface area contributed by atoms with Crippen LogP contribution < -0.4 is 20.7 Å². The smallest absolute Gasteiger partial charge is 0.255 e. The minimum Gasteiger partial charge on any atom is -0.497 e. The first-order valence-electron chi connectivity index (χ1n) is 8.78. The van der Waals surface area contributed by atoms with Crippen molar-refractivity contribution in [1.29, 1.82) is 0 Å². The van der Waals surface area contributed by atoms with E-state index in [2.05, 4.69) is 16.0 Å². The quantitative estimate of drug-likeness (QED) is 0.583. The van der Waals surface area contributed by atoms with Gasteiger partial charge >= 0.3 is 0 Å². The number of rotatable bonds is 7. The highest BCUT2D eigenvalue weighted by Gasteiger charge is 2.07. The summed E-state index contributed by atoms with van der Waals surface area (Å²) in [7, 11) is 1.58. The van der Waals surface area contributed by atoms with Crippen LogP contribution in [0.1, 0.15) is 10.4 Å². The molecule has 0 spiro atoms. The lowest BCUT2D eigenvalue weighted by atomic mass is 10.2. The van der Waals surface area contributed by atoms with Crippen LogP contribution in [-0.2, 0) is 4.79 Å². The second-order valence-corrected chi connectivity index (χ2v) is 6.03. The molecule has 0 aliphatic heterocycles. The third-order valence-corrected chi connectivity index (χ3v) is 3.96. The van der Waals surface area contributed by atoms with Crippen molar-refractivity contribution >= 4 is 28.9 Å². The Labute approximate surface area is 163 Å². The van der Waals surface area contributed by atoms with Crippen LogP contribution in [0.4, 0.5) is 17.1 Å². The van der Waals surface area contributed by atoms with Crippen molar-refractivity contribution < 1.29 is 14.3 Å². The number of methoxy groups -OCH3 is 1. The summed E-state index contributed by atoms with van der Waals surface area (Å²) in [5.74, 6) is 0.299. The standard InChI is InChI=1S/C22H21N3O3/c1-28-20-12-6-11-19(14-20)24-21(26)15-23-17-9-5-10-18(13-17)25-22(27)16-7-3-2-4-8-16/h2-14,23H,15H2,1H3,(H,24,26)(H,25,27). The molecule has 28 heavy (non-hydrogen) atoms. The minimum absolute atomic E-state index is 0.0906. The van der Waals surface area contributed by atoms with Crippen LogP contribution >= 0.6 is 0 Å². The van der Waals surface area contributed by atoms with Gasteiger partial charge in [0.25, 0.3) is 5.91 Å². The predicted molar refractivity (Wildman–Crippen MR) is 111 cm³/mol. The highest BCUT2D eigenvalue weighted by Crippen LogP contribution is 2.18. The van der Waals surface area contributed by atoms with Crippen molar-refractivity contribution in [2.24, 2.45) is 0 Å². The molecule has 0 saturated heterocycles. The maximum atomic E-state index is 12.2. The first kappa shape index (κ1) is 19.0. The lowest BCUT2D eigenvalue weighted by Crippen LogP contribution is -2.21. The molecule has 6 nitrogen and oxygen atoms in total. The average molecular weight is 375 g/mol. The van der Waals surface area contributed by atoms with Gasteiger partial charge in [-0.15, -0.1) is 0 Å². The number of amides is 2. The van der Waals surface area contributed by atoms with Crippen molar-refractivity contribution in [3.05, 3.63) is 84.4 Å². The molecule has 3 aromatic carbocycles. The first-order chi connectivity index (χ1) is 13.6. The Morgan fingerprint density at radius 2 is 1.46 bits per heavy atom. The maximum Gasteiger partial charge on any atom is 0.255 e. The van der Waals surface area contributed by atoms with Gasteiger partial charge in [-0.2, -0.15) is 0 Å². The van der Waals surface area contributed by atoms with Gasteiger partial charge in [0.05, 0.1) is 13.7 Å². The van der Waals surface area contributed by atoms with Crippen molar-refractivity contribution in [3.63, 3.8) is 0 Å². The molecule has 0 aliphatic rings. The van der Waals surface area contributed by atoms with Crippen LogP contribution in [0.3, 0.4) is 0 Å². The second-order valence-electron chi connectivity index (χ2n) is 6.03. The van der Waals surface area contributed by atoms with E-state index in [1.165, 1.54) is 0 Å². The third kappa shape index (κ3) is 5.35. The Morgan fingerprint density at radius 3 is 2.21 bits per heavy atom. The van der Waals surface area contributed by atoms with Gasteiger partial charge in [-0.1, -0.05) is 30.3 Å². The van der Waals surface area contributed by atoms with Gasteiger partial charge in [0.1, 0.15) is 5.75 Å². The average Bonchev–Trinajstić information content (AvgIpc) is 2.73. The second kappa shape index (κ2) is 9.23. The minimum atomic E-state index is -0.188. The predicted octanol–water partition coefficient (Wildman–Crippen LogP) is 4.00. The van der Waals surface area contributed by atoms with Crippen molar-refractivity contribution in [2.45, 2.75) is 0 Å². The number of ether oxygens (including phenoxy) is 1. The van der Waals surface area contributed by atoms with Gasteiger partial charge < -0.3 is 20.7 Å². The molecule has 0 bridgehead atoms. The molecule has 0 aromatic heterocycles. The summed E-state index contributed by atoms with van der Waals surface area (Å²) in [4.78, 5) is 24.4. The van der Waals surface area contributed by atoms with E-state index in [9.17, 15) is 9.59 Å². The van der Waals surface area contributed by atoms with Crippen LogP contribution in [0.5, 0.6) is 5.75 Å². The summed E-state index contributed by atoms with van der Waals surface area (Å²) in [6.07, 6.45) is 0. The Balaban J connectivity index is 1.55. The van der Waals surface area contributed by atoms with Crippen molar-refractivity contribution in [3.8, 4) is 5.75 Å². The molecule has 0 atom stereocenters. The molecule has 2 amide bonds. The highest BCUT2D eigenvalue weighted by atomic mass is 16.5. The molecule has 0 heterocycles. The normalized spacial score (nSPS) is 10.0. The monoisotopic (exact) mass is 375 g/mol. The number of benzene rings is 3. The fourth-order valence-corrected chi connectivity index (χ4v) is 2.59. The van der Waals surface area contributed by atoms with Gasteiger partial charge in [-0.3, -0.25) is 9.59 Å². The van der Waals surface area contributed by atoms with Gasteiger partial charge in [-0.05, 0) is 42.5 Å². The van der Waals surface area contributed by atoms with Gasteiger partial charge in [0, 0.05) is 28.7 Å². The number of anilines is 3. The van der Waals surface area contributed by atoms with Crippen molar-refractivity contribution in [2.75, 3.05) is 29.6 Å². The van der Waals surface area contributed by atoms with Crippen molar-refractivity contribution in [1.82, 2.24) is 0 Å². The molecule has 6 heteroatoms. The molecule has 0 unspecified atom stereocenters. The summed E-state index contributed by atoms with van der Waals surface area (Å²) < 4.78 is 5.14. The molecule has 3 N–H and O–H groups in total.